The molecule has 1 saturated heterocycles. The van der Waals surface area contributed by atoms with Gasteiger partial charge in [0.2, 0.25) is 0 Å². The molecule has 9 heteroatoms. The minimum Gasteiger partial charge on any atom is -0.355 e. The number of benzene rings is 1. The van der Waals surface area contributed by atoms with Crippen molar-refractivity contribution in [3.8, 4) is 28.6 Å². The van der Waals surface area contributed by atoms with Gasteiger partial charge in [-0.1, -0.05) is 30.3 Å². The van der Waals surface area contributed by atoms with Crippen LogP contribution in [0.25, 0.3) is 28.0 Å². The highest BCUT2D eigenvalue weighted by atomic mass is 15.3. The summed E-state index contributed by atoms with van der Waals surface area (Å²) in [5.41, 5.74) is 5.68. The van der Waals surface area contributed by atoms with Crippen molar-refractivity contribution < 1.29 is 0 Å². The largest absolute Gasteiger partial charge is 0.355 e. The van der Waals surface area contributed by atoms with E-state index in [1.54, 1.807) is 10.7 Å². The van der Waals surface area contributed by atoms with Gasteiger partial charge in [0.1, 0.15) is 23.0 Å². The number of nitriles is 1. The van der Waals surface area contributed by atoms with Crippen molar-refractivity contribution in [2.24, 2.45) is 0 Å². The summed E-state index contributed by atoms with van der Waals surface area (Å²) in [7, 11) is 0. The molecule has 39 heavy (non-hydrogen) atoms. The molecule has 1 aliphatic heterocycles. The van der Waals surface area contributed by atoms with Gasteiger partial charge in [-0.15, -0.1) is 0 Å². The molecular formula is C30H31N9. The summed E-state index contributed by atoms with van der Waals surface area (Å²) in [6, 6.07) is 17.3. The van der Waals surface area contributed by atoms with Crippen molar-refractivity contribution in [3.63, 3.8) is 0 Å². The highest BCUT2D eigenvalue weighted by Crippen LogP contribution is 2.29. The number of aromatic nitrogens is 6. The molecular weight excluding hydrogens is 486 g/mol. The van der Waals surface area contributed by atoms with Crippen LogP contribution in [0.5, 0.6) is 0 Å². The highest BCUT2D eigenvalue weighted by molar-refractivity contribution is 5.83. The topological polar surface area (TPSA) is 91.2 Å². The van der Waals surface area contributed by atoms with Gasteiger partial charge in [0, 0.05) is 62.3 Å². The fourth-order valence-electron chi connectivity index (χ4n) is 5.10. The van der Waals surface area contributed by atoms with E-state index in [4.69, 9.17) is 9.97 Å². The summed E-state index contributed by atoms with van der Waals surface area (Å²) >= 11 is 0. The molecule has 0 atom stereocenters. The number of nitrogens with zero attached hydrogens (tertiary/aromatic N) is 9. The maximum atomic E-state index is 9.73. The first kappa shape index (κ1) is 24.8. The van der Waals surface area contributed by atoms with Crippen LogP contribution in [0.1, 0.15) is 37.4 Å². The summed E-state index contributed by atoms with van der Waals surface area (Å²) in [6.07, 6.45) is 10.2. The molecule has 1 aromatic carbocycles. The van der Waals surface area contributed by atoms with Crippen LogP contribution in [0.2, 0.25) is 0 Å². The molecule has 0 bridgehead atoms. The number of anilines is 1. The van der Waals surface area contributed by atoms with E-state index < -0.39 is 0 Å². The van der Waals surface area contributed by atoms with Gasteiger partial charge in [0.25, 0.3) is 0 Å². The molecule has 0 spiro atoms. The average Bonchev–Trinajstić information content (AvgIpc) is 3.56. The molecule has 0 unspecified atom stereocenters. The van der Waals surface area contributed by atoms with Gasteiger partial charge in [-0.05, 0) is 38.0 Å². The van der Waals surface area contributed by atoms with Crippen LogP contribution in [0.4, 0.5) is 5.82 Å². The van der Waals surface area contributed by atoms with E-state index in [0.29, 0.717) is 16.8 Å². The number of rotatable bonds is 6. The first-order chi connectivity index (χ1) is 19.1. The van der Waals surface area contributed by atoms with E-state index in [2.05, 4.69) is 76.3 Å². The summed E-state index contributed by atoms with van der Waals surface area (Å²) in [4.78, 5) is 14.7. The Kier molecular flexibility index (Phi) is 6.78. The van der Waals surface area contributed by atoms with Crippen LogP contribution in [-0.2, 0) is 6.54 Å². The Morgan fingerprint density at radius 1 is 0.897 bits per heavy atom. The molecule has 9 nitrogen and oxygen atoms in total. The first-order valence-electron chi connectivity index (χ1n) is 13.4. The molecule has 5 aromatic rings. The third kappa shape index (κ3) is 5.11. The van der Waals surface area contributed by atoms with Gasteiger partial charge in [-0.2, -0.15) is 15.5 Å². The van der Waals surface area contributed by atoms with Gasteiger partial charge in [-0.25, -0.2) is 14.5 Å². The minimum atomic E-state index is 0.248. The van der Waals surface area contributed by atoms with Crippen LogP contribution >= 0.6 is 0 Å². The molecule has 0 aliphatic carbocycles. The summed E-state index contributed by atoms with van der Waals surface area (Å²) in [5.74, 6) is 0.958. The zero-order valence-corrected chi connectivity index (χ0v) is 22.3. The molecule has 6 rings (SSSR count). The normalized spacial score (nSPS) is 14.6. The van der Waals surface area contributed by atoms with E-state index in [9.17, 15) is 5.26 Å². The Labute approximate surface area is 228 Å². The number of pyridine rings is 1. The fraction of sp³-hybridized carbons (Fsp3) is 0.300. The van der Waals surface area contributed by atoms with E-state index in [1.807, 2.05) is 35.5 Å². The first-order valence-corrected chi connectivity index (χ1v) is 13.4. The number of hydrogen-bond acceptors (Lipinski definition) is 7. The Balaban J connectivity index is 1.27. The minimum absolute atomic E-state index is 0.248. The van der Waals surface area contributed by atoms with Gasteiger partial charge in [-0.3, -0.25) is 9.58 Å². The summed E-state index contributed by atoms with van der Waals surface area (Å²) < 4.78 is 3.64. The molecule has 196 valence electrons. The van der Waals surface area contributed by atoms with E-state index in [0.717, 1.165) is 61.8 Å². The third-order valence-corrected chi connectivity index (χ3v) is 7.23. The highest BCUT2D eigenvalue weighted by Gasteiger charge is 2.19. The molecule has 4 aromatic heterocycles. The second-order valence-corrected chi connectivity index (χ2v) is 10.2. The van der Waals surface area contributed by atoms with Gasteiger partial charge in [0.05, 0.1) is 30.0 Å². The standard InChI is InChI=1S/C30H31N9/c1-22(2)38-20-26(18-33-38)27-21-39-30(25(15-31)17-34-39)29(35-27)24-9-10-28(32-16-24)37-12-6-11-36(13-14-37)19-23-7-4-3-5-8-23/h3-5,7-10,16-18,20-22H,6,11-14,19H2,1-2H3. The molecule has 5 heterocycles. The van der Waals surface area contributed by atoms with Crippen molar-refractivity contribution in [2.45, 2.75) is 32.9 Å². The van der Waals surface area contributed by atoms with Crippen molar-refractivity contribution in [3.05, 3.63) is 84.6 Å². The molecule has 0 radical (unpaired) electrons. The Bertz CT molecular complexity index is 1610. The molecule has 0 amide bonds. The molecule has 0 N–H and O–H groups in total. The maximum Gasteiger partial charge on any atom is 0.128 e. The summed E-state index contributed by atoms with van der Waals surface area (Å²) in [6.45, 7) is 9.11. The van der Waals surface area contributed by atoms with Crippen LogP contribution < -0.4 is 4.90 Å². The average molecular weight is 518 g/mol. The zero-order chi connectivity index (χ0) is 26.8. The Hall–Kier alpha value is -4.55. The van der Waals surface area contributed by atoms with Crippen LogP contribution in [0.15, 0.2) is 73.4 Å². The van der Waals surface area contributed by atoms with Crippen molar-refractivity contribution in [2.75, 3.05) is 31.1 Å². The Morgan fingerprint density at radius 3 is 2.51 bits per heavy atom. The predicted octanol–water partition coefficient (Wildman–Crippen LogP) is 4.82. The van der Waals surface area contributed by atoms with Crippen molar-refractivity contribution >= 4 is 11.3 Å². The lowest BCUT2D eigenvalue weighted by Gasteiger charge is -2.23. The second-order valence-electron chi connectivity index (χ2n) is 10.2. The predicted molar refractivity (Wildman–Crippen MR) is 151 cm³/mol. The number of fused-ring (bicyclic) bond motifs is 1. The molecule has 1 fully saturated rings. The van der Waals surface area contributed by atoms with Crippen LogP contribution in [0.3, 0.4) is 0 Å². The van der Waals surface area contributed by atoms with E-state index >= 15 is 0 Å². The third-order valence-electron chi connectivity index (χ3n) is 7.23. The van der Waals surface area contributed by atoms with E-state index in [-0.39, 0.29) is 6.04 Å². The quantitative estimate of drug-likeness (QED) is 0.319. The maximum absolute atomic E-state index is 9.73. The second kappa shape index (κ2) is 10.7. The van der Waals surface area contributed by atoms with E-state index in [1.165, 1.54) is 5.56 Å². The van der Waals surface area contributed by atoms with Gasteiger partial charge >= 0.3 is 0 Å². The zero-order valence-electron chi connectivity index (χ0n) is 22.3. The van der Waals surface area contributed by atoms with Crippen molar-refractivity contribution in [1.29, 1.82) is 5.26 Å². The smallest absolute Gasteiger partial charge is 0.128 e. The lowest BCUT2D eigenvalue weighted by Crippen LogP contribution is -2.30. The lowest BCUT2D eigenvalue weighted by molar-refractivity contribution is 0.285. The number of hydrogen-bond donors (Lipinski definition) is 0. The van der Waals surface area contributed by atoms with Crippen molar-refractivity contribution in [1.82, 2.24) is 34.3 Å². The van der Waals surface area contributed by atoms with Gasteiger partial charge in [0.15, 0.2) is 0 Å². The molecule has 0 saturated carbocycles. The van der Waals surface area contributed by atoms with Gasteiger partial charge < -0.3 is 4.90 Å². The molecule has 1 aliphatic rings. The monoisotopic (exact) mass is 517 g/mol. The SMILES string of the molecule is CC(C)n1cc(-c2cn3ncc(C#N)c3c(-c3ccc(N4CCCN(Cc5ccccc5)CC4)nc3)n2)cn1. The lowest BCUT2D eigenvalue weighted by atomic mass is 10.1. The van der Waals surface area contributed by atoms with Crippen LogP contribution in [-0.4, -0.2) is 60.4 Å². The fourth-order valence-corrected chi connectivity index (χ4v) is 5.10. The van der Waals surface area contributed by atoms with Crippen LogP contribution in [0, 0.1) is 11.3 Å². The Morgan fingerprint density at radius 2 is 1.77 bits per heavy atom. The summed E-state index contributed by atoms with van der Waals surface area (Å²) in [5, 5.41) is 18.6.